The second-order valence-electron chi connectivity index (χ2n) is 6.40. The van der Waals surface area contributed by atoms with Crippen LogP contribution in [0.4, 0.5) is 13.2 Å². The van der Waals surface area contributed by atoms with Gasteiger partial charge in [-0.3, -0.25) is 4.79 Å². The summed E-state index contributed by atoms with van der Waals surface area (Å²) in [6.07, 6.45) is -1.13. The molecule has 0 heterocycles. The Bertz CT molecular complexity index is 805. The SMILES string of the molecule is O=C(COc1ccc2c(c1)CCC2)NCc1cccc(OCC(F)(F)F)c1. The van der Waals surface area contributed by atoms with Crippen molar-refractivity contribution in [1.82, 2.24) is 5.32 Å². The number of rotatable bonds is 7. The maximum absolute atomic E-state index is 12.2. The minimum atomic E-state index is -4.39. The molecule has 0 radical (unpaired) electrons. The Hall–Kier alpha value is -2.70. The van der Waals surface area contributed by atoms with Crippen molar-refractivity contribution in [3.8, 4) is 11.5 Å². The average Bonchev–Trinajstić information content (AvgIpc) is 3.10. The molecule has 4 nitrogen and oxygen atoms in total. The lowest BCUT2D eigenvalue weighted by molar-refractivity contribution is -0.153. The van der Waals surface area contributed by atoms with E-state index in [-0.39, 0.29) is 24.8 Å². The smallest absolute Gasteiger partial charge is 0.422 e. The van der Waals surface area contributed by atoms with Crippen molar-refractivity contribution in [3.05, 3.63) is 59.2 Å². The Morgan fingerprint density at radius 1 is 1.00 bits per heavy atom. The minimum absolute atomic E-state index is 0.105. The van der Waals surface area contributed by atoms with Crippen LogP contribution >= 0.6 is 0 Å². The highest BCUT2D eigenvalue weighted by molar-refractivity contribution is 5.77. The second-order valence-corrected chi connectivity index (χ2v) is 6.40. The monoisotopic (exact) mass is 379 g/mol. The standard InChI is InChI=1S/C20H20F3NO3/c21-20(22,23)13-27-17-6-1-3-14(9-17)11-24-19(25)12-26-18-8-7-15-4-2-5-16(15)10-18/h1,3,6-10H,2,4-5,11-13H2,(H,24,25). The van der Waals surface area contributed by atoms with E-state index in [4.69, 9.17) is 9.47 Å². The number of amides is 1. The van der Waals surface area contributed by atoms with Gasteiger partial charge in [0.15, 0.2) is 13.2 Å². The van der Waals surface area contributed by atoms with Gasteiger partial charge in [0, 0.05) is 6.54 Å². The number of fused-ring (bicyclic) bond motifs is 1. The number of ether oxygens (including phenoxy) is 2. The van der Waals surface area contributed by atoms with Crippen molar-refractivity contribution in [2.45, 2.75) is 32.0 Å². The van der Waals surface area contributed by atoms with Crippen molar-refractivity contribution in [2.75, 3.05) is 13.2 Å². The number of alkyl halides is 3. The van der Waals surface area contributed by atoms with E-state index in [1.165, 1.54) is 23.3 Å². The van der Waals surface area contributed by atoms with Crippen molar-refractivity contribution in [3.63, 3.8) is 0 Å². The topological polar surface area (TPSA) is 47.6 Å². The largest absolute Gasteiger partial charge is 0.484 e. The molecule has 1 aliphatic rings. The van der Waals surface area contributed by atoms with Gasteiger partial charge in [-0.15, -0.1) is 0 Å². The molecule has 0 spiro atoms. The van der Waals surface area contributed by atoms with Crippen molar-refractivity contribution in [2.24, 2.45) is 0 Å². The van der Waals surface area contributed by atoms with Crippen LogP contribution in [-0.2, 0) is 24.2 Å². The van der Waals surface area contributed by atoms with Gasteiger partial charge in [-0.25, -0.2) is 0 Å². The van der Waals surface area contributed by atoms with Crippen LogP contribution in [0.15, 0.2) is 42.5 Å². The second kappa shape index (κ2) is 8.33. The van der Waals surface area contributed by atoms with Gasteiger partial charge in [-0.05, 0) is 60.2 Å². The first-order valence-electron chi connectivity index (χ1n) is 8.69. The third kappa shape index (κ3) is 5.91. The number of hydrogen-bond acceptors (Lipinski definition) is 3. The van der Waals surface area contributed by atoms with Gasteiger partial charge in [0.1, 0.15) is 11.5 Å². The number of carbonyl (C=O) groups is 1. The predicted molar refractivity (Wildman–Crippen MR) is 93.8 cm³/mol. The maximum atomic E-state index is 12.2. The summed E-state index contributed by atoms with van der Waals surface area (Å²) in [6, 6.07) is 12.0. The van der Waals surface area contributed by atoms with Gasteiger partial charge in [0.05, 0.1) is 0 Å². The third-order valence-corrected chi connectivity index (χ3v) is 4.23. The molecule has 2 aromatic carbocycles. The Morgan fingerprint density at radius 3 is 2.59 bits per heavy atom. The molecule has 7 heteroatoms. The van der Waals surface area contributed by atoms with Crippen LogP contribution in [0.5, 0.6) is 11.5 Å². The molecule has 0 saturated carbocycles. The zero-order valence-electron chi connectivity index (χ0n) is 14.6. The van der Waals surface area contributed by atoms with E-state index in [0.29, 0.717) is 11.3 Å². The van der Waals surface area contributed by atoms with Crippen LogP contribution < -0.4 is 14.8 Å². The summed E-state index contributed by atoms with van der Waals surface area (Å²) in [5.41, 5.74) is 3.24. The lowest BCUT2D eigenvalue weighted by atomic mass is 10.1. The fourth-order valence-corrected chi connectivity index (χ4v) is 2.95. The first-order valence-corrected chi connectivity index (χ1v) is 8.69. The number of nitrogens with one attached hydrogen (secondary N) is 1. The normalized spacial score (nSPS) is 13.1. The van der Waals surface area contributed by atoms with Crippen LogP contribution in [0.3, 0.4) is 0 Å². The lowest BCUT2D eigenvalue weighted by Crippen LogP contribution is -2.28. The van der Waals surface area contributed by atoms with Crippen LogP contribution in [0, 0.1) is 0 Å². The molecule has 0 aromatic heterocycles. The molecule has 27 heavy (non-hydrogen) atoms. The van der Waals surface area contributed by atoms with Gasteiger partial charge in [0.25, 0.3) is 5.91 Å². The summed E-state index contributed by atoms with van der Waals surface area (Å²) in [7, 11) is 0. The molecule has 1 amide bonds. The van der Waals surface area contributed by atoms with Gasteiger partial charge < -0.3 is 14.8 Å². The van der Waals surface area contributed by atoms with Crippen LogP contribution in [-0.4, -0.2) is 25.3 Å². The van der Waals surface area contributed by atoms with Gasteiger partial charge in [-0.1, -0.05) is 18.2 Å². The zero-order valence-corrected chi connectivity index (χ0v) is 14.6. The van der Waals surface area contributed by atoms with E-state index in [1.54, 1.807) is 12.1 Å². The molecule has 0 bridgehead atoms. The number of halogens is 3. The highest BCUT2D eigenvalue weighted by Crippen LogP contribution is 2.26. The minimum Gasteiger partial charge on any atom is -0.484 e. The van der Waals surface area contributed by atoms with E-state index in [1.807, 2.05) is 18.2 Å². The van der Waals surface area contributed by atoms with Gasteiger partial charge in [0.2, 0.25) is 0 Å². The molecule has 0 saturated heterocycles. The fourth-order valence-electron chi connectivity index (χ4n) is 2.95. The summed E-state index contributed by atoms with van der Waals surface area (Å²) < 4.78 is 46.8. The summed E-state index contributed by atoms with van der Waals surface area (Å²) in [4.78, 5) is 11.9. The quantitative estimate of drug-likeness (QED) is 0.796. The van der Waals surface area contributed by atoms with Crippen molar-refractivity contribution < 1.29 is 27.4 Å². The number of benzene rings is 2. The highest BCUT2D eigenvalue weighted by Gasteiger charge is 2.28. The van der Waals surface area contributed by atoms with E-state index >= 15 is 0 Å². The summed E-state index contributed by atoms with van der Waals surface area (Å²) in [5, 5.41) is 2.68. The summed E-state index contributed by atoms with van der Waals surface area (Å²) in [6.45, 7) is -1.30. The Kier molecular flexibility index (Phi) is 5.88. The molecular formula is C20H20F3NO3. The Balaban J connectivity index is 1.45. The van der Waals surface area contributed by atoms with E-state index in [2.05, 4.69) is 5.32 Å². The van der Waals surface area contributed by atoms with E-state index in [9.17, 15) is 18.0 Å². The first kappa shape index (κ1) is 19.1. The van der Waals surface area contributed by atoms with E-state index < -0.39 is 12.8 Å². The highest BCUT2D eigenvalue weighted by atomic mass is 19.4. The zero-order chi connectivity index (χ0) is 19.3. The Morgan fingerprint density at radius 2 is 1.78 bits per heavy atom. The molecule has 0 unspecified atom stereocenters. The first-order chi connectivity index (χ1) is 12.9. The summed E-state index contributed by atoms with van der Waals surface area (Å²) in [5.74, 6) is 0.457. The molecular weight excluding hydrogens is 359 g/mol. The van der Waals surface area contributed by atoms with Crippen LogP contribution in [0.2, 0.25) is 0 Å². The van der Waals surface area contributed by atoms with Gasteiger partial charge in [-0.2, -0.15) is 13.2 Å². The van der Waals surface area contributed by atoms with E-state index in [0.717, 1.165) is 19.3 Å². The van der Waals surface area contributed by atoms with Crippen LogP contribution in [0.25, 0.3) is 0 Å². The molecule has 2 aromatic rings. The molecule has 0 aliphatic heterocycles. The molecule has 0 atom stereocenters. The number of hydrogen-bond donors (Lipinski definition) is 1. The maximum Gasteiger partial charge on any atom is 0.422 e. The third-order valence-electron chi connectivity index (χ3n) is 4.23. The fraction of sp³-hybridized carbons (Fsp3) is 0.350. The molecule has 3 rings (SSSR count). The van der Waals surface area contributed by atoms with Crippen molar-refractivity contribution in [1.29, 1.82) is 0 Å². The predicted octanol–water partition coefficient (Wildman–Crippen LogP) is 3.81. The number of carbonyl (C=O) groups excluding carboxylic acids is 1. The number of aryl methyl sites for hydroxylation is 2. The average molecular weight is 379 g/mol. The molecule has 0 fully saturated rings. The van der Waals surface area contributed by atoms with Crippen molar-refractivity contribution >= 4 is 5.91 Å². The lowest BCUT2D eigenvalue weighted by Gasteiger charge is -2.11. The van der Waals surface area contributed by atoms with Crippen LogP contribution in [0.1, 0.15) is 23.1 Å². The van der Waals surface area contributed by atoms with Gasteiger partial charge >= 0.3 is 6.18 Å². The molecule has 1 N–H and O–H groups in total. The summed E-state index contributed by atoms with van der Waals surface area (Å²) >= 11 is 0. The molecule has 144 valence electrons. The Labute approximate surface area is 155 Å². The molecule has 1 aliphatic carbocycles.